The van der Waals surface area contributed by atoms with Gasteiger partial charge in [0.2, 0.25) is 0 Å². The van der Waals surface area contributed by atoms with Crippen molar-refractivity contribution < 1.29 is 4.74 Å². The van der Waals surface area contributed by atoms with Crippen molar-refractivity contribution in [2.24, 2.45) is 0 Å². The highest BCUT2D eigenvalue weighted by atomic mass is 32.1. The number of rotatable bonds is 4. The Labute approximate surface area is 157 Å². The fraction of sp³-hybridized carbons (Fsp3) is 0.611. The zero-order valence-electron chi connectivity index (χ0n) is 15.3. The van der Waals surface area contributed by atoms with Crippen molar-refractivity contribution in [3.63, 3.8) is 0 Å². The van der Waals surface area contributed by atoms with Gasteiger partial charge in [0.15, 0.2) is 5.13 Å². The van der Waals surface area contributed by atoms with Crippen LogP contribution in [-0.2, 0) is 24.2 Å². The highest BCUT2D eigenvalue weighted by molar-refractivity contribution is 7.15. The summed E-state index contributed by atoms with van der Waals surface area (Å²) in [4.78, 5) is 30.5. The van der Waals surface area contributed by atoms with Gasteiger partial charge in [0, 0.05) is 56.1 Å². The number of fused-ring (bicyclic) bond motifs is 1. The molecule has 1 N–H and O–H groups in total. The number of hydrogen-bond acceptors (Lipinski definition) is 7. The molecule has 1 fully saturated rings. The van der Waals surface area contributed by atoms with E-state index in [9.17, 15) is 4.79 Å². The third-order valence-corrected chi connectivity index (χ3v) is 5.96. The number of aromatic nitrogens is 3. The van der Waals surface area contributed by atoms with E-state index in [2.05, 4.69) is 38.6 Å². The molecule has 0 bridgehead atoms. The van der Waals surface area contributed by atoms with Gasteiger partial charge in [-0.2, -0.15) is 0 Å². The third kappa shape index (κ3) is 3.67. The van der Waals surface area contributed by atoms with E-state index in [0.29, 0.717) is 6.54 Å². The van der Waals surface area contributed by atoms with Crippen molar-refractivity contribution in [1.82, 2.24) is 19.9 Å². The fourth-order valence-corrected chi connectivity index (χ4v) is 4.40. The maximum absolute atomic E-state index is 12.4. The van der Waals surface area contributed by atoms with E-state index in [4.69, 9.17) is 4.74 Å². The Bertz CT molecular complexity index is 825. The summed E-state index contributed by atoms with van der Waals surface area (Å²) in [6.07, 6.45) is 2.80. The first kappa shape index (κ1) is 17.6. The maximum atomic E-state index is 12.4. The molecular formula is C18H25N5O2S. The first-order valence-corrected chi connectivity index (χ1v) is 10.0. The van der Waals surface area contributed by atoms with Gasteiger partial charge >= 0.3 is 0 Å². The minimum absolute atomic E-state index is 0.0155. The van der Waals surface area contributed by atoms with Gasteiger partial charge in [-0.05, 0) is 0 Å². The number of hydrogen-bond donors (Lipinski definition) is 1. The lowest BCUT2D eigenvalue weighted by atomic mass is 10.1. The summed E-state index contributed by atoms with van der Waals surface area (Å²) in [5.41, 5.74) is 1.80. The van der Waals surface area contributed by atoms with Crippen LogP contribution >= 0.6 is 11.3 Å². The van der Waals surface area contributed by atoms with E-state index < -0.39 is 0 Å². The highest BCUT2D eigenvalue weighted by Crippen LogP contribution is 2.26. The molecule has 26 heavy (non-hydrogen) atoms. The Morgan fingerprint density at radius 1 is 1.31 bits per heavy atom. The molecule has 0 unspecified atom stereocenters. The minimum Gasteiger partial charge on any atom is -0.378 e. The topological polar surface area (TPSA) is 74.4 Å². The van der Waals surface area contributed by atoms with Crippen LogP contribution in [0.1, 0.15) is 41.7 Å². The summed E-state index contributed by atoms with van der Waals surface area (Å²) in [5, 5.41) is 1.07. The predicted molar refractivity (Wildman–Crippen MR) is 102 cm³/mol. The largest absolute Gasteiger partial charge is 0.378 e. The maximum Gasteiger partial charge on any atom is 0.255 e. The lowest BCUT2D eigenvalue weighted by Gasteiger charge is -2.27. The van der Waals surface area contributed by atoms with Crippen LogP contribution in [-0.4, -0.2) is 52.7 Å². The van der Waals surface area contributed by atoms with Crippen molar-refractivity contribution in [3.05, 3.63) is 38.5 Å². The summed E-state index contributed by atoms with van der Waals surface area (Å²) in [7, 11) is 0. The van der Waals surface area contributed by atoms with E-state index in [0.717, 1.165) is 68.0 Å². The molecule has 4 rings (SSSR count). The van der Waals surface area contributed by atoms with E-state index in [1.807, 2.05) is 6.20 Å². The Balaban J connectivity index is 1.45. The molecule has 0 radical (unpaired) electrons. The summed E-state index contributed by atoms with van der Waals surface area (Å²) < 4.78 is 5.41. The second kappa shape index (κ2) is 7.46. The summed E-state index contributed by atoms with van der Waals surface area (Å²) >= 11 is 1.74. The number of H-pyrrole nitrogens is 1. The molecule has 0 spiro atoms. The summed E-state index contributed by atoms with van der Waals surface area (Å²) in [5.74, 6) is 1.03. The summed E-state index contributed by atoms with van der Waals surface area (Å²) in [6, 6.07) is 0. The zero-order valence-corrected chi connectivity index (χ0v) is 16.1. The quantitative estimate of drug-likeness (QED) is 0.878. The number of anilines is 1. The number of nitrogens with one attached hydrogen (secondary N) is 1. The monoisotopic (exact) mass is 375 g/mol. The average molecular weight is 375 g/mol. The molecule has 2 aliphatic rings. The van der Waals surface area contributed by atoms with Gasteiger partial charge in [-0.25, -0.2) is 9.97 Å². The number of aromatic amines is 1. The molecule has 7 nitrogen and oxygen atoms in total. The second-order valence-electron chi connectivity index (χ2n) is 7.20. The third-order valence-electron chi connectivity index (χ3n) is 4.92. The molecule has 2 aromatic heterocycles. The van der Waals surface area contributed by atoms with Gasteiger partial charge in [0.1, 0.15) is 5.82 Å². The first-order chi connectivity index (χ1) is 12.6. The molecule has 4 heterocycles. The standard InChI is InChI=1S/C18H25N5O2S/c1-12(2)16-20-15-3-4-22(11-14(15)17(24)21-16)10-13-9-19-18(26-13)23-5-7-25-8-6-23/h9,12H,3-8,10-11H2,1-2H3,(H,20,21,24). The smallest absolute Gasteiger partial charge is 0.255 e. The molecule has 2 aliphatic heterocycles. The van der Waals surface area contributed by atoms with Crippen molar-refractivity contribution in [3.8, 4) is 0 Å². The van der Waals surface area contributed by atoms with Gasteiger partial charge in [-0.3, -0.25) is 9.69 Å². The Morgan fingerprint density at radius 2 is 2.12 bits per heavy atom. The number of nitrogens with zero attached hydrogens (tertiary/aromatic N) is 4. The van der Waals surface area contributed by atoms with Gasteiger partial charge < -0.3 is 14.6 Å². The SMILES string of the molecule is CC(C)c1nc2c(c(=O)[nH]1)CN(Cc1cnc(N3CCOCC3)s1)CC2. The molecule has 140 valence electrons. The molecular weight excluding hydrogens is 350 g/mol. The Hall–Kier alpha value is -1.77. The molecule has 0 saturated carbocycles. The zero-order chi connectivity index (χ0) is 18.1. The van der Waals surface area contributed by atoms with Crippen LogP contribution < -0.4 is 10.5 Å². The molecule has 0 amide bonds. The lowest BCUT2D eigenvalue weighted by Crippen LogP contribution is -2.36. The molecule has 2 aromatic rings. The lowest BCUT2D eigenvalue weighted by molar-refractivity contribution is 0.122. The molecule has 8 heteroatoms. The van der Waals surface area contributed by atoms with Crippen molar-refractivity contribution in [2.45, 2.75) is 39.3 Å². The van der Waals surface area contributed by atoms with E-state index in [1.54, 1.807) is 11.3 Å². The number of thiazole rings is 1. The number of ether oxygens (including phenoxy) is 1. The first-order valence-electron chi connectivity index (χ1n) is 9.22. The molecule has 0 aromatic carbocycles. The fourth-order valence-electron chi connectivity index (χ4n) is 3.40. The van der Waals surface area contributed by atoms with Gasteiger partial charge in [-0.15, -0.1) is 11.3 Å². The van der Waals surface area contributed by atoms with Gasteiger partial charge in [0.25, 0.3) is 5.56 Å². The van der Waals surface area contributed by atoms with Crippen LogP contribution in [0.4, 0.5) is 5.13 Å². The van der Waals surface area contributed by atoms with Crippen LogP contribution in [0.3, 0.4) is 0 Å². The summed E-state index contributed by atoms with van der Waals surface area (Å²) in [6.45, 7) is 9.86. The molecule has 1 saturated heterocycles. The average Bonchev–Trinajstić information content (AvgIpc) is 3.11. The second-order valence-corrected chi connectivity index (χ2v) is 8.29. The predicted octanol–water partition coefficient (Wildman–Crippen LogP) is 1.74. The number of morpholine rings is 1. The Kier molecular flexibility index (Phi) is 5.06. The van der Waals surface area contributed by atoms with E-state index in [1.165, 1.54) is 4.88 Å². The minimum atomic E-state index is 0.0155. The Morgan fingerprint density at radius 3 is 2.88 bits per heavy atom. The van der Waals surface area contributed by atoms with Crippen LogP contribution in [0, 0.1) is 0 Å². The van der Waals surface area contributed by atoms with Crippen LogP contribution in [0.15, 0.2) is 11.0 Å². The molecule has 0 atom stereocenters. The highest BCUT2D eigenvalue weighted by Gasteiger charge is 2.23. The van der Waals surface area contributed by atoms with Gasteiger partial charge in [0.05, 0.1) is 24.5 Å². The van der Waals surface area contributed by atoms with Crippen LogP contribution in [0.2, 0.25) is 0 Å². The van der Waals surface area contributed by atoms with Crippen molar-refractivity contribution in [1.29, 1.82) is 0 Å². The van der Waals surface area contributed by atoms with Crippen LogP contribution in [0.25, 0.3) is 0 Å². The molecule has 0 aliphatic carbocycles. The van der Waals surface area contributed by atoms with Crippen molar-refractivity contribution >= 4 is 16.5 Å². The van der Waals surface area contributed by atoms with E-state index in [-0.39, 0.29) is 11.5 Å². The van der Waals surface area contributed by atoms with Gasteiger partial charge in [-0.1, -0.05) is 13.8 Å². The normalized spacial score (nSPS) is 18.3. The van der Waals surface area contributed by atoms with Crippen molar-refractivity contribution in [2.75, 3.05) is 37.7 Å². The van der Waals surface area contributed by atoms with E-state index >= 15 is 0 Å². The van der Waals surface area contributed by atoms with Crippen LogP contribution in [0.5, 0.6) is 0 Å².